The van der Waals surface area contributed by atoms with Crippen LogP contribution in [0.3, 0.4) is 0 Å². The van der Waals surface area contributed by atoms with E-state index in [-0.39, 0.29) is 6.35 Å². The molecular weight excluding hydrogens is 96.0 g/mol. The van der Waals surface area contributed by atoms with E-state index < -0.39 is 0 Å². The molecule has 0 aromatic carbocycles. The fourth-order valence-corrected chi connectivity index (χ4v) is 0.116. The lowest BCUT2D eigenvalue weighted by Gasteiger charge is -1.91. The molecule has 7 heavy (non-hydrogen) atoms. The zero-order valence-electron chi connectivity index (χ0n) is 3.80. The van der Waals surface area contributed by atoms with Gasteiger partial charge in [0.2, 0.25) is 0 Å². The van der Waals surface area contributed by atoms with E-state index in [1.165, 1.54) is 7.11 Å². The van der Waals surface area contributed by atoms with Gasteiger partial charge in [-0.3, -0.25) is 0 Å². The van der Waals surface area contributed by atoms with Gasteiger partial charge in [0, 0.05) is 7.11 Å². The van der Waals surface area contributed by atoms with Gasteiger partial charge in [-0.2, -0.15) is 0 Å². The van der Waals surface area contributed by atoms with Crippen LogP contribution in [-0.4, -0.2) is 7.11 Å². The lowest BCUT2D eigenvalue weighted by atomic mass is 11.0. The van der Waals surface area contributed by atoms with Gasteiger partial charge < -0.3 is 4.74 Å². The van der Waals surface area contributed by atoms with Gasteiger partial charge in [0.1, 0.15) is 0 Å². The molecule has 0 bridgehead atoms. The van der Waals surface area contributed by atoms with E-state index in [1.54, 1.807) is 0 Å². The van der Waals surface area contributed by atoms with Crippen LogP contribution in [0.25, 0.3) is 0 Å². The molecule has 0 spiro atoms. The van der Waals surface area contributed by atoms with E-state index in [0.29, 0.717) is 0 Å². The van der Waals surface area contributed by atoms with Crippen molar-refractivity contribution in [2.24, 2.45) is 10.2 Å². The quantitative estimate of drug-likeness (QED) is 0.513. The van der Waals surface area contributed by atoms with E-state index in [9.17, 15) is 0 Å². The van der Waals surface area contributed by atoms with E-state index in [4.69, 9.17) is 11.1 Å². The van der Waals surface area contributed by atoms with Gasteiger partial charge in [0.15, 0.2) is 0 Å². The largest absolute Gasteiger partial charge is 0.368 e. The van der Waals surface area contributed by atoms with Crippen LogP contribution in [0.5, 0.6) is 0 Å². The molecule has 0 saturated carbocycles. The molecule has 0 aliphatic heterocycles. The lowest BCUT2D eigenvalue weighted by molar-refractivity contribution is 0.195. The average molecular weight is 101 g/mol. The predicted molar refractivity (Wildman–Crippen MR) is 20.5 cm³/mol. The summed E-state index contributed by atoms with van der Waals surface area (Å²) >= 11 is 0. The number of methoxy groups -OCH3 is 1. The van der Waals surface area contributed by atoms with Crippen LogP contribution in [0, 0.1) is 17.4 Å². The summed E-state index contributed by atoms with van der Waals surface area (Å²) in [7, 11) is 1.30. The van der Waals surface area contributed by atoms with E-state index in [1.807, 2.05) is 0 Å². The normalized spacial score (nSPS) is 8.86. The number of nitrogens with one attached hydrogen (secondary N) is 2. The van der Waals surface area contributed by atoms with Crippen molar-refractivity contribution in [1.82, 2.24) is 0 Å². The minimum atomic E-state index is -0.236. The lowest BCUT2D eigenvalue weighted by Crippen LogP contribution is -1.87. The van der Waals surface area contributed by atoms with Gasteiger partial charge in [-0.15, -0.1) is 10.2 Å². The van der Waals surface area contributed by atoms with Gasteiger partial charge in [-0.25, -0.2) is 11.1 Å². The van der Waals surface area contributed by atoms with Crippen molar-refractivity contribution >= 4 is 0 Å². The molecule has 0 atom stereocenters. The SMILES string of the molecule is CO[C](N=N)N=N. The number of rotatable bonds is 3. The third-order valence-corrected chi connectivity index (χ3v) is 0.374. The molecule has 0 heterocycles. The zero-order chi connectivity index (χ0) is 5.70. The van der Waals surface area contributed by atoms with Crippen molar-refractivity contribution < 1.29 is 4.74 Å². The maximum Gasteiger partial charge on any atom is 0.368 e. The summed E-state index contributed by atoms with van der Waals surface area (Å²) in [5.74, 6) is 0. The van der Waals surface area contributed by atoms with Crippen LogP contribution in [-0.2, 0) is 4.74 Å². The summed E-state index contributed by atoms with van der Waals surface area (Å²) in [5, 5.41) is 5.43. The number of hydrogen-bond donors (Lipinski definition) is 2. The predicted octanol–water partition coefficient (Wildman–Crippen LogP) is 1.14. The molecule has 5 nitrogen and oxygen atoms in total. The molecule has 0 saturated heterocycles. The van der Waals surface area contributed by atoms with Crippen molar-refractivity contribution in [3.63, 3.8) is 0 Å². The zero-order valence-corrected chi connectivity index (χ0v) is 3.80. The maximum atomic E-state index is 6.21. The van der Waals surface area contributed by atoms with E-state index >= 15 is 0 Å². The van der Waals surface area contributed by atoms with Crippen molar-refractivity contribution in [2.45, 2.75) is 0 Å². The summed E-state index contributed by atoms with van der Waals surface area (Å²) in [4.78, 5) is 0. The first-order valence-electron chi connectivity index (χ1n) is 1.51. The number of ether oxygens (including phenoxy) is 1. The van der Waals surface area contributed by atoms with Crippen molar-refractivity contribution in [2.75, 3.05) is 7.11 Å². The first-order valence-corrected chi connectivity index (χ1v) is 1.51. The van der Waals surface area contributed by atoms with E-state index in [2.05, 4.69) is 15.0 Å². The molecule has 0 fully saturated rings. The van der Waals surface area contributed by atoms with Crippen LogP contribution in [0.15, 0.2) is 10.2 Å². The van der Waals surface area contributed by atoms with Crippen LogP contribution in [0.1, 0.15) is 0 Å². The Balaban J connectivity index is 3.36. The Bertz CT molecular complexity index is 64.1. The fourth-order valence-electron chi connectivity index (χ4n) is 0.116. The summed E-state index contributed by atoms with van der Waals surface area (Å²) in [6.45, 7) is 0. The van der Waals surface area contributed by atoms with Crippen LogP contribution < -0.4 is 0 Å². The first kappa shape index (κ1) is 6.16. The number of hydrogen-bond acceptors (Lipinski definition) is 5. The molecule has 39 valence electrons. The average Bonchev–Trinajstić information content (AvgIpc) is 1.72. The van der Waals surface area contributed by atoms with E-state index in [0.717, 1.165) is 0 Å². The third-order valence-electron chi connectivity index (χ3n) is 0.374. The molecule has 0 amide bonds. The maximum absolute atomic E-state index is 6.21. The summed E-state index contributed by atoms with van der Waals surface area (Å²) in [5.41, 5.74) is 12.4. The Labute approximate surface area is 40.7 Å². The minimum Gasteiger partial charge on any atom is -0.331 e. The molecule has 0 aromatic heterocycles. The van der Waals surface area contributed by atoms with Gasteiger partial charge in [0.25, 0.3) is 0 Å². The van der Waals surface area contributed by atoms with Gasteiger partial charge >= 0.3 is 6.35 Å². The Kier molecular flexibility index (Phi) is 2.95. The highest BCUT2D eigenvalue weighted by atomic mass is 16.5. The van der Waals surface area contributed by atoms with Crippen LogP contribution in [0.4, 0.5) is 0 Å². The fraction of sp³-hybridized carbons (Fsp3) is 0.500. The molecule has 0 aliphatic carbocycles. The second kappa shape index (κ2) is 3.35. The molecular formula is C2H5N4O. The van der Waals surface area contributed by atoms with Crippen LogP contribution in [0.2, 0.25) is 0 Å². The standard InChI is InChI=1S/C2H5N4O/c1-7-2(5-3)6-4/h3-4H,1H3. The Morgan fingerprint density at radius 1 is 1.43 bits per heavy atom. The Morgan fingerprint density at radius 3 is 1.86 bits per heavy atom. The van der Waals surface area contributed by atoms with Crippen molar-refractivity contribution in [3.8, 4) is 0 Å². The molecule has 1 radical (unpaired) electrons. The monoisotopic (exact) mass is 101 g/mol. The smallest absolute Gasteiger partial charge is 0.331 e. The molecule has 5 heteroatoms. The highest BCUT2D eigenvalue weighted by Crippen LogP contribution is 2.00. The van der Waals surface area contributed by atoms with Crippen LogP contribution >= 0.6 is 0 Å². The Hall–Kier alpha value is -0.840. The second-order valence-corrected chi connectivity index (χ2v) is 0.710. The number of nitrogens with zero attached hydrogens (tertiary/aromatic N) is 2. The topological polar surface area (TPSA) is 81.7 Å². The summed E-state index contributed by atoms with van der Waals surface area (Å²) in [6, 6.07) is 0. The van der Waals surface area contributed by atoms with Crippen molar-refractivity contribution in [3.05, 3.63) is 6.35 Å². The molecule has 0 aromatic rings. The minimum absolute atomic E-state index is 0.236. The van der Waals surface area contributed by atoms with Gasteiger partial charge in [0.05, 0.1) is 0 Å². The van der Waals surface area contributed by atoms with Crippen molar-refractivity contribution in [1.29, 1.82) is 11.1 Å². The highest BCUT2D eigenvalue weighted by molar-refractivity contribution is 4.59. The van der Waals surface area contributed by atoms with Gasteiger partial charge in [-0.05, 0) is 0 Å². The highest BCUT2D eigenvalue weighted by Gasteiger charge is 1.99. The molecule has 0 aliphatic rings. The molecule has 0 rings (SSSR count). The summed E-state index contributed by atoms with van der Waals surface area (Å²) < 4.78 is 4.26. The molecule has 2 N–H and O–H groups in total. The first-order chi connectivity index (χ1) is 3.35. The molecule has 0 unspecified atom stereocenters. The van der Waals surface area contributed by atoms with Gasteiger partial charge in [-0.1, -0.05) is 0 Å². The summed E-state index contributed by atoms with van der Waals surface area (Å²) in [6.07, 6.45) is -0.236. The Morgan fingerprint density at radius 2 is 1.86 bits per heavy atom. The second-order valence-electron chi connectivity index (χ2n) is 0.710. The third kappa shape index (κ3) is 1.94.